The third kappa shape index (κ3) is 4.04. The van der Waals surface area contributed by atoms with Crippen LogP contribution in [0.1, 0.15) is 16.2 Å². The van der Waals surface area contributed by atoms with E-state index in [1.165, 1.54) is 6.07 Å². The lowest BCUT2D eigenvalue weighted by molar-refractivity contribution is 0.102. The maximum Gasteiger partial charge on any atom is 0.277 e. The number of methoxy groups -OCH3 is 1. The summed E-state index contributed by atoms with van der Waals surface area (Å²) >= 11 is 5.99. The monoisotopic (exact) mass is 359 g/mol. The molecule has 0 aliphatic carbocycles. The number of benzene rings is 1. The highest BCUT2D eigenvalue weighted by atomic mass is 35.5. The number of carbonyl (C=O) groups is 1. The molecule has 0 radical (unpaired) electrons. The molecule has 0 unspecified atom stereocenters. The number of ether oxygens (including phenoxy) is 1. The van der Waals surface area contributed by atoms with Crippen LogP contribution in [0.4, 0.5) is 17.3 Å². The Kier molecular flexibility index (Phi) is 4.80. The highest BCUT2D eigenvalue weighted by Gasteiger charge is 2.12. The first-order valence-electron chi connectivity index (χ1n) is 7.24. The molecule has 0 atom stereocenters. The van der Waals surface area contributed by atoms with Crippen LogP contribution in [0.3, 0.4) is 0 Å². The van der Waals surface area contributed by atoms with Gasteiger partial charge in [-0.15, -0.1) is 10.2 Å². The Labute approximate surface area is 148 Å². The van der Waals surface area contributed by atoms with Crippen molar-refractivity contribution in [3.8, 4) is 5.75 Å². The molecule has 25 heavy (non-hydrogen) atoms. The molecule has 3 rings (SSSR count). The maximum atomic E-state index is 12.1. The van der Waals surface area contributed by atoms with Gasteiger partial charge in [-0.2, -0.15) is 0 Å². The summed E-state index contributed by atoms with van der Waals surface area (Å²) in [5, 5.41) is 17.7. The lowest BCUT2D eigenvalue weighted by Crippen LogP contribution is -2.14. The molecule has 0 bridgehead atoms. The molecule has 128 valence electrons. The summed E-state index contributed by atoms with van der Waals surface area (Å²) in [4.78, 5) is 12.1. The van der Waals surface area contributed by atoms with Gasteiger partial charge in [-0.25, -0.2) is 0 Å². The van der Waals surface area contributed by atoms with Crippen LogP contribution in [-0.4, -0.2) is 28.4 Å². The maximum absolute atomic E-state index is 12.1. The lowest BCUT2D eigenvalue weighted by Gasteiger charge is -2.10. The van der Waals surface area contributed by atoms with Gasteiger partial charge >= 0.3 is 0 Å². The number of hydrogen-bond donors (Lipinski definition) is 2. The number of aryl methyl sites for hydroxylation is 1. The molecule has 0 aliphatic heterocycles. The number of amides is 1. The standard InChI is InChI=1S/C16H14ClN5O3/c1-9-7-15(22-25-9)19-16(23)11-4-6-14(21-20-11)18-12-8-10(17)3-5-13(12)24-2/h3-8H,1-2H3,(H,18,21)(H,19,22,23). The summed E-state index contributed by atoms with van der Waals surface area (Å²) in [6.45, 7) is 1.73. The number of halogens is 1. The van der Waals surface area contributed by atoms with Gasteiger partial charge < -0.3 is 19.9 Å². The molecule has 1 aromatic carbocycles. The summed E-state index contributed by atoms with van der Waals surface area (Å²) in [7, 11) is 1.55. The molecule has 9 heteroatoms. The zero-order valence-electron chi connectivity index (χ0n) is 13.4. The molecule has 0 aliphatic rings. The van der Waals surface area contributed by atoms with Gasteiger partial charge in [0.25, 0.3) is 5.91 Å². The first kappa shape index (κ1) is 16.7. The average Bonchev–Trinajstić information content (AvgIpc) is 3.00. The van der Waals surface area contributed by atoms with Crippen molar-refractivity contribution in [2.45, 2.75) is 6.92 Å². The van der Waals surface area contributed by atoms with Crippen molar-refractivity contribution in [1.82, 2.24) is 15.4 Å². The summed E-state index contributed by atoms with van der Waals surface area (Å²) in [5.41, 5.74) is 0.781. The van der Waals surface area contributed by atoms with Gasteiger partial charge in [0.15, 0.2) is 17.3 Å². The van der Waals surface area contributed by atoms with Crippen LogP contribution in [0.5, 0.6) is 5.75 Å². The van der Waals surface area contributed by atoms with Crippen molar-refractivity contribution in [1.29, 1.82) is 0 Å². The minimum absolute atomic E-state index is 0.143. The SMILES string of the molecule is COc1ccc(Cl)cc1Nc1ccc(C(=O)Nc2cc(C)on2)nn1. The number of rotatable bonds is 5. The first-order chi connectivity index (χ1) is 12.0. The van der Waals surface area contributed by atoms with Crippen LogP contribution in [0.15, 0.2) is 40.9 Å². The van der Waals surface area contributed by atoms with Crippen LogP contribution in [0, 0.1) is 6.92 Å². The number of nitrogens with one attached hydrogen (secondary N) is 2. The van der Waals surface area contributed by atoms with Crippen molar-refractivity contribution >= 4 is 34.8 Å². The van der Waals surface area contributed by atoms with E-state index in [-0.39, 0.29) is 5.69 Å². The van der Waals surface area contributed by atoms with Gasteiger partial charge in [0.05, 0.1) is 12.8 Å². The van der Waals surface area contributed by atoms with Crippen LogP contribution >= 0.6 is 11.6 Å². The van der Waals surface area contributed by atoms with Crippen molar-refractivity contribution in [2.75, 3.05) is 17.7 Å². The van der Waals surface area contributed by atoms with E-state index in [9.17, 15) is 4.79 Å². The van der Waals surface area contributed by atoms with Crippen LogP contribution < -0.4 is 15.4 Å². The fourth-order valence-corrected chi connectivity index (χ4v) is 2.21. The molecular formula is C16H14ClN5O3. The largest absolute Gasteiger partial charge is 0.495 e. The molecule has 2 aromatic heterocycles. The van der Waals surface area contributed by atoms with Gasteiger partial charge in [0.2, 0.25) is 0 Å². The van der Waals surface area contributed by atoms with Crippen molar-refractivity contribution in [3.63, 3.8) is 0 Å². The number of carbonyl (C=O) groups excluding carboxylic acids is 1. The molecule has 0 fully saturated rings. The quantitative estimate of drug-likeness (QED) is 0.719. The number of anilines is 3. The van der Waals surface area contributed by atoms with Gasteiger partial charge in [0, 0.05) is 11.1 Å². The third-order valence-corrected chi connectivity index (χ3v) is 3.43. The molecule has 2 N–H and O–H groups in total. The van der Waals surface area contributed by atoms with Gasteiger partial charge in [-0.3, -0.25) is 4.79 Å². The minimum Gasteiger partial charge on any atom is -0.495 e. The normalized spacial score (nSPS) is 10.4. The van der Waals surface area contributed by atoms with E-state index >= 15 is 0 Å². The summed E-state index contributed by atoms with van der Waals surface area (Å²) < 4.78 is 10.1. The molecule has 0 spiro atoms. The van der Waals surface area contributed by atoms with E-state index in [4.69, 9.17) is 20.9 Å². The second kappa shape index (κ2) is 7.18. The van der Waals surface area contributed by atoms with E-state index in [0.717, 1.165) is 0 Å². The van der Waals surface area contributed by atoms with E-state index in [2.05, 4.69) is 26.0 Å². The lowest BCUT2D eigenvalue weighted by atomic mass is 10.3. The number of aromatic nitrogens is 3. The zero-order valence-corrected chi connectivity index (χ0v) is 14.2. The fourth-order valence-electron chi connectivity index (χ4n) is 2.04. The average molecular weight is 360 g/mol. The minimum atomic E-state index is -0.437. The van der Waals surface area contributed by atoms with Crippen molar-refractivity contribution < 1.29 is 14.1 Å². The molecule has 0 saturated heterocycles. The summed E-state index contributed by atoms with van der Waals surface area (Å²) in [5.74, 6) is 1.52. The second-order valence-electron chi connectivity index (χ2n) is 5.05. The van der Waals surface area contributed by atoms with E-state index in [0.29, 0.717) is 33.9 Å². The van der Waals surface area contributed by atoms with E-state index in [1.807, 2.05) is 0 Å². The fraction of sp³-hybridized carbons (Fsp3) is 0.125. The molecule has 3 aromatic rings. The Morgan fingerprint density at radius 3 is 2.64 bits per heavy atom. The van der Waals surface area contributed by atoms with Crippen molar-refractivity contribution in [2.24, 2.45) is 0 Å². The zero-order chi connectivity index (χ0) is 17.8. The number of hydrogen-bond acceptors (Lipinski definition) is 7. The molecule has 0 saturated carbocycles. The predicted octanol–water partition coefficient (Wildman–Crippen LogP) is 3.43. The van der Waals surface area contributed by atoms with Crippen LogP contribution in [0.25, 0.3) is 0 Å². The summed E-state index contributed by atoms with van der Waals surface area (Å²) in [6, 6.07) is 9.92. The Morgan fingerprint density at radius 2 is 2.00 bits per heavy atom. The Bertz CT molecular complexity index is 895. The van der Waals surface area contributed by atoms with Gasteiger partial charge in [0.1, 0.15) is 11.5 Å². The molecule has 1 amide bonds. The van der Waals surface area contributed by atoms with Crippen LogP contribution in [0.2, 0.25) is 5.02 Å². The second-order valence-corrected chi connectivity index (χ2v) is 5.49. The molecular weight excluding hydrogens is 346 g/mol. The molecule has 2 heterocycles. The third-order valence-electron chi connectivity index (χ3n) is 3.19. The smallest absolute Gasteiger partial charge is 0.277 e. The topological polar surface area (TPSA) is 102 Å². The van der Waals surface area contributed by atoms with Gasteiger partial charge in [-0.05, 0) is 37.3 Å². The summed E-state index contributed by atoms with van der Waals surface area (Å²) in [6.07, 6.45) is 0. The Morgan fingerprint density at radius 1 is 1.16 bits per heavy atom. The van der Waals surface area contributed by atoms with E-state index < -0.39 is 5.91 Å². The Balaban J connectivity index is 1.72. The number of nitrogens with zero attached hydrogens (tertiary/aromatic N) is 3. The van der Waals surface area contributed by atoms with Crippen LogP contribution in [-0.2, 0) is 0 Å². The van der Waals surface area contributed by atoms with E-state index in [1.54, 1.807) is 44.4 Å². The van der Waals surface area contributed by atoms with Gasteiger partial charge in [-0.1, -0.05) is 16.8 Å². The Hall–Kier alpha value is -3.13. The van der Waals surface area contributed by atoms with Crippen molar-refractivity contribution in [3.05, 3.63) is 52.9 Å². The predicted molar refractivity (Wildman–Crippen MR) is 92.5 cm³/mol. The first-order valence-corrected chi connectivity index (χ1v) is 7.62. The molecule has 8 nitrogen and oxygen atoms in total. The highest BCUT2D eigenvalue weighted by Crippen LogP contribution is 2.29. The highest BCUT2D eigenvalue weighted by molar-refractivity contribution is 6.31.